The van der Waals surface area contributed by atoms with E-state index < -0.39 is 0 Å². The molecule has 1 fully saturated rings. The summed E-state index contributed by atoms with van der Waals surface area (Å²) in [6, 6.07) is 0.311. The van der Waals surface area contributed by atoms with E-state index in [0.717, 1.165) is 13.0 Å². The zero-order valence-electron chi connectivity index (χ0n) is 13.2. The van der Waals surface area contributed by atoms with Gasteiger partial charge in [-0.15, -0.1) is 0 Å². The fourth-order valence-corrected chi connectivity index (χ4v) is 2.54. The molecule has 1 rings (SSSR count). The Labute approximate surface area is 122 Å². The SMILES string of the molecule is CC(C)NC(=O)CCCC(=O)N1CCC(N)C(C)(C)C1. The average Bonchev–Trinajstić information content (AvgIpc) is 2.31. The molecule has 1 aliphatic rings. The first-order valence-electron chi connectivity index (χ1n) is 7.55. The zero-order chi connectivity index (χ0) is 15.3. The second-order valence-corrected chi connectivity index (χ2v) is 6.77. The van der Waals surface area contributed by atoms with Gasteiger partial charge in [-0.3, -0.25) is 9.59 Å². The largest absolute Gasteiger partial charge is 0.354 e. The molecule has 0 aromatic rings. The highest BCUT2D eigenvalue weighted by atomic mass is 16.2. The van der Waals surface area contributed by atoms with Crippen molar-refractivity contribution in [2.75, 3.05) is 13.1 Å². The van der Waals surface area contributed by atoms with Crippen LogP contribution in [0.5, 0.6) is 0 Å². The van der Waals surface area contributed by atoms with E-state index in [1.165, 1.54) is 0 Å². The van der Waals surface area contributed by atoms with Gasteiger partial charge in [0.05, 0.1) is 0 Å². The lowest BCUT2D eigenvalue weighted by atomic mass is 9.79. The number of amides is 2. The van der Waals surface area contributed by atoms with Gasteiger partial charge in [-0.25, -0.2) is 0 Å². The quantitative estimate of drug-likeness (QED) is 0.798. The highest BCUT2D eigenvalue weighted by Gasteiger charge is 2.34. The lowest BCUT2D eigenvalue weighted by molar-refractivity contribution is -0.134. The van der Waals surface area contributed by atoms with E-state index >= 15 is 0 Å². The van der Waals surface area contributed by atoms with Gasteiger partial charge in [0.15, 0.2) is 0 Å². The summed E-state index contributed by atoms with van der Waals surface area (Å²) in [5, 5.41) is 2.83. The lowest BCUT2D eigenvalue weighted by Gasteiger charge is -2.42. The van der Waals surface area contributed by atoms with Crippen LogP contribution in [0.1, 0.15) is 53.4 Å². The molecule has 5 nitrogen and oxygen atoms in total. The van der Waals surface area contributed by atoms with Crippen molar-refractivity contribution in [3.63, 3.8) is 0 Å². The van der Waals surface area contributed by atoms with Crippen molar-refractivity contribution < 1.29 is 9.59 Å². The Morgan fingerprint density at radius 3 is 2.55 bits per heavy atom. The van der Waals surface area contributed by atoms with Gasteiger partial charge in [0, 0.05) is 38.0 Å². The molecule has 1 unspecified atom stereocenters. The molecule has 20 heavy (non-hydrogen) atoms. The molecule has 0 saturated carbocycles. The topological polar surface area (TPSA) is 75.4 Å². The van der Waals surface area contributed by atoms with Gasteiger partial charge in [0.2, 0.25) is 11.8 Å². The smallest absolute Gasteiger partial charge is 0.222 e. The van der Waals surface area contributed by atoms with Crippen LogP contribution in [0.3, 0.4) is 0 Å². The van der Waals surface area contributed by atoms with Gasteiger partial charge in [-0.05, 0) is 32.1 Å². The molecular formula is C15H29N3O2. The Bertz CT molecular complexity index is 353. The van der Waals surface area contributed by atoms with E-state index in [0.29, 0.717) is 25.8 Å². The standard InChI is InChI=1S/C15H29N3O2/c1-11(2)17-13(19)6-5-7-14(20)18-9-8-12(16)15(3,4)10-18/h11-12H,5-10,16H2,1-4H3,(H,17,19). The van der Waals surface area contributed by atoms with Crippen molar-refractivity contribution in [2.24, 2.45) is 11.1 Å². The molecular weight excluding hydrogens is 254 g/mol. The van der Waals surface area contributed by atoms with Crippen LogP contribution in [0.4, 0.5) is 0 Å². The van der Waals surface area contributed by atoms with Gasteiger partial charge in [0.1, 0.15) is 0 Å². The maximum atomic E-state index is 12.1. The van der Waals surface area contributed by atoms with Crippen LogP contribution in [0.25, 0.3) is 0 Å². The van der Waals surface area contributed by atoms with Crippen molar-refractivity contribution in [2.45, 2.75) is 65.5 Å². The van der Waals surface area contributed by atoms with Crippen LogP contribution >= 0.6 is 0 Å². The number of nitrogens with zero attached hydrogens (tertiary/aromatic N) is 1. The van der Waals surface area contributed by atoms with E-state index in [2.05, 4.69) is 19.2 Å². The molecule has 5 heteroatoms. The second-order valence-electron chi connectivity index (χ2n) is 6.77. The van der Waals surface area contributed by atoms with Gasteiger partial charge in [-0.2, -0.15) is 0 Å². The molecule has 0 aromatic heterocycles. The van der Waals surface area contributed by atoms with E-state index in [-0.39, 0.29) is 29.3 Å². The number of likely N-dealkylation sites (tertiary alicyclic amines) is 1. The Morgan fingerprint density at radius 1 is 1.35 bits per heavy atom. The fourth-order valence-electron chi connectivity index (χ4n) is 2.54. The predicted molar refractivity (Wildman–Crippen MR) is 80.1 cm³/mol. The average molecular weight is 283 g/mol. The monoisotopic (exact) mass is 283 g/mol. The van der Waals surface area contributed by atoms with Gasteiger partial charge < -0.3 is 16.0 Å². The molecule has 1 aliphatic heterocycles. The summed E-state index contributed by atoms with van der Waals surface area (Å²) < 4.78 is 0. The fraction of sp³-hybridized carbons (Fsp3) is 0.867. The number of hydrogen-bond donors (Lipinski definition) is 2. The number of carbonyl (C=O) groups is 2. The minimum Gasteiger partial charge on any atom is -0.354 e. The maximum absolute atomic E-state index is 12.1. The third-order valence-corrected chi connectivity index (χ3v) is 3.91. The third-order valence-electron chi connectivity index (χ3n) is 3.91. The molecule has 0 bridgehead atoms. The molecule has 0 aromatic carbocycles. The first-order valence-corrected chi connectivity index (χ1v) is 7.55. The minimum atomic E-state index is -0.0249. The van der Waals surface area contributed by atoms with Crippen molar-refractivity contribution in [3.8, 4) is 0 Å². The summed E-state index contributed by atoms with van der Waals surface area (Å²) in [5.41, 5.74) is 6.05. The Balaban J connectivity index is 2.31. The van der Waals surface area contributed by atoms with E-state index in [1.807, 2.05) is 18.7 Å². The highest BCUT2D eigenvalue weighted by molar-refractivity contribution is 5.79. The highest BCUT2D eigenvalue weighted by Crippen LogP contribution is 2.28. The summed E-state index contributed by atoms with van der Waals surface area (Å²) in [6.07, 6.45) is 2.32. The molecule has 1 heterocycles. The number of nitrogens with one attached hydrogen (secondary N) is 1. The Hall–Kier alpha value is -1.10. The van der Waals surface area contributed by atoms with Crippen LogP contribution < -0.4 is 11.1 Å². The van der Waals surface area contributed by atoms with Gasteiger partial charge in [0.25, 0.3) is 0 Å². The molecule has 2 amide bonds. The molecule has 0 spiro atoms. The van der Waals surface area contributed by atoms with Crippen molar-refractivity contribution >= 4 is 11.8 Å². The molecule has 0 radical (unpaired) electrons. The van der Waals surface area contributed by atoms with E-state index in [9.17, 15) is 9.59 Å². The summed E-state index contributed by atoms with van der Waals surface area (Å²) in [5.74, 6) is 0.163. The zero-order valence-corrected chi connectivity index (χ0v) is 13.2. The van der Waals surface area contributed by atoms with Crippen LogP contribution in [0.15, 0.2) is 0 Å². The minimum absolute atomic E-state index is 0.0220. The molecule has 1 saturated heterocycles. The molecule has 1 atom stereocenters. The predicted octanol–water partition coefficient (Wildman–Crippen LogP) is 1.27. The number of rotatable bonds is 5. The summed E-state index contributed by atoms with van der Waals surface area (Å²) in [4.78, 5) is 25.5. The number of nitrogens with two attached hydrogens (primary N) is 1. The van der Waals surface area contributed by atoms with E-state index in [1.54, 1.807) is 0 Å². The number of carbonyl (C=O) groups excluding carboxylic acids is 2. The van der Waals surface area contributed by atoms with Crippen LogP contribution in [0, 0.1) is 5.41 Å². The van der Waals surface area contributed by atoms with Gasteiger partial charge >= 0.3 is 0 Å². The van der Waals surface area contributed by atoms with Crippen LogP contribution in [-0.4, -0.2) is 41.9 Å². The summed E-state index contributed by atoms with van der Waals surface area (Å²) >= 11 is 0. The summed E-state index contributed by atoms with van der Waals surface area (Å²) in [7, 11) is 0. The first kappa shape index (κ1) is 17.0. The maximum Gasteiger partial charge on any atom is 0.222 e. The summed E-state index contributed by atoms with van der Waals surface area (Å²) in [6.45, 7) is 9.53. The molecule has 3 N–H and O–H groups in total. The Morgan fingerprint density at radius 2 is 2.00 bits per heavy atom. The third kappa shape index (κ3) is 5.12. The molecule has 116 valence electrons. The first-order chi connectivity index (χ1) is 9.22. The molecule has 0 aliphatic carbocycles. The van der Waals surface area contributed by atoms with E-state index in [4.69, 9.17) is 5.73 Å². The lowest BCUT2D eigenvalue weighted by Crippen LogP contribution is -2.53. The van der Waals surface area contributed by atoms with Crippen molar-refractivity contribution in [1.82, 2.24) is 10.2 Å². The van der Waals surface area contributed by atoms with Crippen molar-refractivity contribution in [3.05, 3.63) is 0 Å². The van der Waals surface area contributed by atoms with Gasteiger partial charge in [-0.1, -0.05) is 13.8 Å². The normalized spacial score (nSPS) is 21.9. The second kappa shape index (κ2) is 7.07. The van der Waals surface area contributed by atoms with Crippen LogP contribution in [-0.2, 0) is 9.59 Å². The van der Waals surface area contributed by atoms with Crippen LogP contribution in [0.2, 0.25) is 0 Å². The Kier molecular flexibility index (Phi) is 5.99. The number of piperidine rings is 1. The van der Waals surface area contributed by atoms with Crippen molar-refractivity contribution in [1.29, 1.82) is 0 Å². The number of hydrogen-bond acceptors (Lipinski definition) is 3.